The van der Waals surface area contributed by atoms with Crippen molar-refractivity contribution in [1.29, 1.82) is 0 Å². The van der Waals surface area contributed by atoms with Crippen molar-refractivity contribution in [3.05, 3.63) is 191 Å². The number of ether oxygens (including phenoxy) is 4. The van der Waals surface area contributed by atoms with Crippen LogP contribution in [0.3, 0.4) is 0 Å². The Balaban J connectivity index is 1.65. The molecule has 6 aromatic rings. The van der Waals surface area contributed by atoms with Crippen molar-refractivity contribution in [2.75, 3.05) is 28.4 Å². The van der Waals surface area contributed by atoms with Gasteiger partial charge in [-0.3, -0.25) is 9.59 Å². The lowest BCUT2D eigenvalue weighted by molar-refractivity contribution is -0.173. The lowest BCUT2D eigenvalue weighted by Crippen LogP contribution is -2.61. The van der Waals surface area contributed by atoms with Crippen molar-refractivity contribution in [3.8, 4) is 23.0 Å². The summed E-state index contributed by atoms with van der Waals surface area (Å²) in [6.45, 7) is 0. The molecule has 1 aliphatic carbocycles. The second-order valence-corrected chi connectivity index (χ2v) is 15.1. The van der Waals surface area contributed by atoms with Gasteiger partial charge in [0, 0.05) is 0 Å². The van der Waals surface area contributed by atoms with Crippen LogP contribution in [0.25, 0.3) is 0 Å². The van der Waals surface area contributed by atoms with Crippen molar-refractivity contribution >= 4 is 11.8 Å². The first-order valence-corrected chi connectivity index (χ1v) is 19.8. The molecule has 0 spiro atoms. The fourth-order valence-electron chi connectivity index (χ4n) is 8.55. The summed E-state index contributed by atoms with van der Waals surface area (Å²) in [4.78, 5) is 31.6. The highest BCUT2D eigenvalue weighted by atomic mass is 16.5. The maximum Gasteiger partial charge on any atom is 0.239 e. The van der Waals surface area contributed by atoms with Crippen molar-refractivity contribution in [2.45, 2.75) is 42.5 Å². The Bertz CT molecular complexity index is 2120. The first kappa shape index (κ1) is 41.5. The third-order valence-corrected chi connectivity index (χ3v) is 12.0. The summed E-state index contributed by atoms with van der Waals surface area (Å²) in [5.74, 6) is 0.799. The third kappa shape index (κ3) is 7.33. The van der Waals surface area contributed by atoms with E-state index in [1.807, 2.05) is 60.7 Å². The van der Waals surface area contributed by atoms with E-state index in [0.717, 1.165) is 0 Å². The summed E-state index contributed by atoms with van der Waals surface area (Å²) >= 11 is 0. The van der Waals surface area contributed by atoms with Crippen LogP contribution in [-0.2, 0) is 20.8 Å². The minimum Gasteiger partial charge on any atom is -0.497 e. The van der Waals surface area contributed by atoms with E-state index in [4.69, 9.17) is 24.7 Å². The molecule has 7 rings (SSSR count). The summed E-state index contributed by atoms with van der Waals surface area (Å²) in [6.07, 6.45) is 0.957. The van der Waals surface area contributed by atoms with Crippen LogP contribution in [0.1, 0.15) is 64.7 Å². The molecule has 2 amide bonds. The molecule has 0 saturated heterocycles. The number of carbonyl (C=O) groups is 2. The minimum absolute atomic E-state index is 0.188. The number of methoxy groups -OCH3 is 4. The smallest absolute Gasteiger partial charge is 0.239 e. The minimum atomic E-state index is -2.08. The zero-order valence-corrected chi connectivity index (χ0v) is 34.2. The number of aliphatic hydroxyl groups is 2. The molecule has 10 heteroatoms. The van der Waals surface area contributed by atoms with E-state index in [-0.39, 0.29) is 12.8 Å². The molecule has 2 atom stereocenters. The summed E-state index contributed by atoms with van der Waals surface area (Å²) in [7, 11) is 6.24. The van der Waals surface area contributed by atoms with E-state index in [0.29, 0.717) is 62.8 Å². The first-order chi connectivity index (χ1) is 29.0. The lowest BCUT2D eigenvalue weighted by Gasteiger charge is -2.54. The van der Waals surface area contributed by atoms with Gasteiger partial charge in [-0.15, -0.1) is 0 Å². The highest BCUT2D eigenvalue weighted by molar-refractivity contribution is 6.05. The van der Waals surface area contributed by atoms with Crippen molar-refractivity contribution in [2.24, 2.45) is 11.1 Å². The van der Waals surface area contributed by atoms with Gasteiger partial charge in [0.15, 0.2) is 0 Å². The number of hydrogen-bond donors (Lipinski definition) is 3. The molecule has 2 unspecified atom stereocenters. The number of primary amides is 1. The Morgan fingerprint density at radius 1 is 0.517 bits per heavy atom. The van der Waals surface area contributed by atoms with Gasteiger partial charge in [-0.05, 0) is 94.8 Å². The van der Waals surface area contributed by atoms with Gasteiger partial charge >= 0.3 is 0 Å². The molecule has 6 aromatic carbocycles. The number of rotatable bonds is 16. The SMILES string of the molecule is COc1ccc(C(O)(c2ccc(OC)cc2)C(c2ccccc2)N(C(=O)C2(C(N)=O)CCC2)C(c2ccccc2)C(O)(c2ccc(OC)cc2)c2ccc(OC)cc2)cc1. The van der Waals surface area contributed by atoms with E-state index in [9.17, 15) is 15.0 Å². The van der Waals surface area contributed by atoms with Gasteiger partial charge in [-0.2, -0.15) is 0 Å². The predicted octanol–water partition coefficient (Wildman–Crippen LogP) is 7.86. The Morgan fingerprint density at radius 2 is 0.800 bits per heavy atom. The fraction of sp³-hybridized carbons (Fsp3) is 0.240. The lowest BCUT2D eigenvalue weighted by atomic mass is 9.65. The van der Waals surface area contributed by atoms with E-state index in [2.05, 4.69) is 0 Å². The number of benzene rings is 6. The standard InChI is InChI=1S/C50H50N2O8/c1-57-40-24-16-36(17-25-40)49(55,37-18-26-41(58-2)27-19-37)44(34-12-7-5-8-13-34)52(47(54)48(46(51)53)32-11-33-48)45(35-14-9-6-10-15-35)50(56,38-20-28-42(59-3)29-21-38)39-22-30-43(60-4)31-23-39/h5-10,12-31,44-45,55-56H,11,32-33H2,1-4H3,(H2,51,53). The maximum absolute atomic E-state index is 16.3. The fourth-order valence-corrected chi connectivity index (χ4v) is 8.55. The van der Waals surface area contributed by atoms with Crippen LogP contribution in [0.5, 0.6) is 23.0 Å². The highest BCUT2D eigenvalue weighted by Gasteiger charge is 2.60. The molecule has 4 N–H and O–H groups in total. The van der Waals surface area contributed by atoms with Crippen LogP contribution in [0, 0.1) is 5.41 Å². The van der Waals surface area contributed by atoms with Gasteiger partial charge in [0.25, 0.3) is 0 Å². The Labute approximate surface area is 350 Å². The second-order valence-electron chi connectivity index (χ2n) is 15.1. The van der Waals surface area contributed by atoms with Gasteiger partial charge in [0.2, 0.25) is 11.8 Å². The number of carbonyl (C=O) groups excluding carboxylic acids is 2. The van der Waals surface area contributed by atoms with Crippen molar-refractivity contribution in [1.82, 2.24) is 4.90 Å². The molecule has 60 heavy (non-hydrogen) atoms. The van der Waals surface area contributed by atoms with Crippen LogP contribution in [0.4, 0.5) is 0 Å². The number of nitrogens with two attached hydrogens (primary N) is 1. The van der Waals surface area contributed by atoms with E-state index in [1.54, 1.807) is 126 Å². The molecular weight excluding hydrogens is 757 g/mol. The summed E-state index contributed by atoms with van der Waals surface area (Å²) in [5, 5.41) is 28.3. The zero-order valence-electron chi connectivity index (χ0n) is 34.2. The monoisotopic (exact) mass is 806 g/mol. The highest BCUT2D eigenvalue weighted by Crippen LogP contribution is 2.56. The summed E-state index contributed by atoms with van der Waals surface area (Å²) < 4.78 is 22.2. The Hall–Kier alpha value is -6.62. The third-order valence-electron chi connectivity index (χ3n) is 12.0. The molecule has 308 valence electrons. The largest absolute Gasteiger partial charge is 0.497 e. The van der Waals surface area contributed by atoms with Gasteiger partial charge in [0.1, 0.15) is 39.6 Å². The van der Waals surface area contributed by atoms with Gasteiger partial charge in [-0.1, -0.05) is 116 Å². The molecule has 10 nitrogen and oxygen atoms in total. The predicted molar refractivity (Wildman–Crippen MR) is 229 cm³/mol. The van der Waals surface area contributed by atoms with Gasteiger partial charge < -0.3 is 39.8 Å². The number of amides is 2. The normalized spacial score (nSPS) is 14.5. The molecule has 1 aliphatic rings. The van der Waals surface area contributed by atoms with Crippen molar-refractivity contribution < 1.29 is 38.7 Å². The molecule has 0 radical (unpaired) electrons. The van der Waals surface area contributed by atoms with Crippen LogP contribution in [0.15, 0.2) is 158 Å². The number of hydrogen-bond acceptors (Lipinski definition) is 8. The van der Waals surface area contributed by atoms with Crippen LogP contribution in [0.2, 0.25) is 0 Å². The zero-order chi connectivity index (χ0) is 42.5. The summed E-state index contributed by atoms with van der Waals surface area (Å²) in [6, 6.07) is 43.7. The number of nitrogens with zero attached hydrogens (tertiary/aromatic N) is 1. The van der Waals surface area contributed by atoms with E-state index >= 15 is 4.79 Å². The quantitative estimate of drug-likeness (QED) is 0.0841. The van der Waals surface area contributed by atoms with Crippen LogP contribution >= 0.6 is 0 Å². The van der Waals surface area contributed by atoms with Crippen molar-refractivity contribution in [3.63, 3.8) is 0 Å². The van der Waals surface area contributed by atoms with Gasteiger partial charge in [-0.25, -0.2) is 0 Å². The maximum atomic E-state index is 16.3. The Kier molecular flexibility index (Phi) is 12.0. The van der Waals surface area contributed by atoms with Crippen LogP contribution < -0.4 is 24.7 Å². The summed E-state index contributed by atoms with van der Waals surface area (Å²) in [5.41, 5.74) is 3.14. The molecule has 0 aliphatic heterocycles. The van der Waals surface area contributed by atoms with E-state index < -0.39 is 40.5 Å². The molecular formula is C50H50N2O8. The average Bonchev–Trinajstić information content (AvgIpc) is 3.28. The molecule has 0 bridgehead atoms. The molecule has 1 saturated carbocycles. The van der Waals surface area contributed by atoms with Gasteiger partial charge in [0.05, 0.1) is 40.5 Å². The second kappa shape index (κ2) is 17.3. The topological polar surface area (TPSA) is 141 Å². The molecule has 0 aromatic heterocycles. The molecule has 1 fully saturated rings. The molecule has 0 heterocycles. The Morgan fingerprint density at radius 3 is 1.02 bits per heavy atom. The van der Waals surface area contributed by atoms with E-state index in [1.165, 1.54) is 4.90 Å². The average molecular weight is 807 g/mol. The first-order valence-electron chi connectivity index (χ1n) is 19.8. The van der Waals surface area contributed by atoms with Crippen LogP contribution in [-0.4, -0.2) is 55.4 Å².